The van der Waals surface area contributed by atoms with Crippen LogP contribution in [0.3, 0.4) is 0 Å². The SMILES string of the molecule is CC(C)(C)CC(O)CNS(=O)(=O)CCS(C)(=O)=O. The number of rotatable bonds is 7. The number of nitrogens with one attached hydrogen (secondary N) is 1. The van der Waals surface area contributed by atoms with Crippen molar-refractivity contribution >= 4 is 19.9 Å². The molecule has 18 heavy (non-hydrogen) atoms. The quantitative estimate of drug-likeness (QED) is 0.675. The van der Waals surface area contributed by atoms with E-state index < -0.39 is 37.5 Å². The van der Waals surface area contributed by atoms with Gasteiger partial charge in [-0.15, -0.1) is 0 Å². The number of hydrogen-bond donors (Lipinski definition) is 2. The van der Waals surface area contributed by atoms with Gasteiger partial charge in [0, 0.05) is 12.8 Å². The Morgan fingerprint density at radius 3 is 2.00 bits per heavy atom. The van der Waals surface area contributed by atoms with Crippen molar-refractivity contribution in [3.8, 4) is 0 Å². The van der Waals surface area contributed by atoms with Gasteiger partial charge in [0.25, 0.3) is 0 Å². The minimum absolute atomic E-state index is 0.0939. The molecule has 0 fully saturated rings. The molecule has 0 aromatic heterocycles. The summed E-state index contributed by atoms with van der Waals surface area (Å²) in [7, 11) is -6.96. The van der Waals surface area contributed by atoms with Crippen LogP contribution < -0.4 is 4.72 Å². The van der Waals surface area contributed by atoms with Crippen molar-refractivity contribution in [2.75, 3.05) is 24.3 Å². The minimum atomic E-state index is -3.65. The van der Waals surface area contributed by atoms with Crippen LogP contribution in [0, 0.1) is 5.41 Å². The number of aliphatic hydroxyl groups excluding tert-OH is 1. The molecule has 0 amide bonds. The highest BCUT2D eigenvalue weighted by atomic mass is 32.2. The molecule has 6 nitrogen and oxygen atoms in total. The van der Waals surface area contributed by atoms with E-state index in [1.807, 2.05) is 20.8 Å². The largest absolute Gasteiger partial charge is 0.392 e. The molecule has 0 aromatic carbocycles. The lowest BCUT2D eigenvalue weighted by molar-refractivity contribution is 0.125. The Labute approximate surface area is 110 Å². The second kappa shape index (κ2) is 6.31. The number of aliphatic hydroxyl groups is 1. The van der Waals surface area contributed by atoms with Gasteiger partial charge in [0.05, 0.1) is 17.6 Å². The van der Waals surface area contributed by atoms with Gasteiger partial charge in [-0.25, -0.2) is 21.6 Å². The van der Waals surface area contributed by atoms with Crippen LogP contribution in [0.25, 0.3) is 0 Å². The van der Waals surface area contributed by atoms with E-state index in [0.29, 0.717) is 6.42 Å². The molecular weight excluding hydrogens is 278 g/mol. The van der Waals surface area contributed by atoms with E-state index >= 15 is 0 Å². The van der Waals surface area contributed by atoms with E-state index in [4.69, 9.17) is 0 Å². The van der Waals surface area contributed by atoms with Gasteiger partial charge in [-0.1, -0.05) is 20.8 Å². The van der Waals surface area contributed by atoms with Gasteiger partial charge in [-0.05, 0) is 11.8 Å². The van der Waals surface area contributed by atoms with E-state index in [0.717, 1.165) is 6.26 Å². The van der Waals surface area contributed by atoms with Gasteiger partial charge in [0.2, 0.25) is 10.0 Å². The maximum Gasteiger partial charge on any atom is 0.212 e. The molecule has 0 aliphatic carbocycles. The average molecular weight is 301 g/mol. The summed E-state index contributed by atoms with van der Waals surface area (Å²) in [5.41, 5.74) is -0.0996. The highest BCUT2D eigenvalue weighted by Crippen LogP contribution is 2.20. The van der Waals surface area contributed by atoms with Crippen LogP contribution in [0.1, 0.15) is 27.2 Å². The van der Waals surface area contributed by atoms with Crippen molar-refractivity contribution in [2.24, 2.45) is 5.41 Å². The van der Waals surface area contributed by atoms with Gasteiger partial charge in [0.15, 0.2) is 0 Å². The Hall–Kier alpha value is -0.180. The number of sulfone groups is 1. The summed E-state index contributed by atoms with van der Waals surface area (Å²) in [6.45, 7) is 5.72. The highest BCUT2D eigenvalue weighted by molar-refractivity contribution is 7.93. The Kier molecular flexibility index (Phi) is 6.25. The summed E-state index contributed by atoms with van der Waals surface area (Å²) in [6.07, 6.45) is 0.663. The van der Waals surface area contributed by atoms with Crippen molar-refractivity contribution in [3.05, 3.63) is 0 Å². The zero-order valence-corrected chi connectivity index (χ0v) is 12.9. The zero-order chi connectivity index (χ0) is 14.6. The molecule has 0 rings (SSSR count). The fraction of sp³-hybridized carbons (Fsp3) is 1.00. The van der Waals surface area contributed by atoms with Crippen LogP contribution in [0.15, 0.2) is 0 Å². The summed E-state index contributed by atoms with van der Waals surface area (Å²) in [4.78, 5) is 0. The first kappa shape index (κ1) is 17.8. The van der Waals surface area contributed by atoms with E-state index in [9.17, 15) is 21.9 Å². The fourth-order valence-electron chi connectivity index (χ4n) is 1.34. The second-order valence-corrected chi connectivity index (χ2v) is 9.90. The van der Waals surface area contributed by atoms with Crippen molar-refractivity contribution < 1.29 is 21.9 Å². The molecule has 0 saturated heterocycles. The van der Waals surface area contributed by atoms with Crippen LogP contribution in [-0.4, -0.2) is 52.4 Å². The topological polar surface area (TPSA) is 101 Å². The maximum absolute atomic E-state index is 11.5. The van der Waals surface area contributed by atoms with Crippen molar-refractivity contribution in [1.29, 1.82) is 0 Å². The zero-order valence-electron chi connectivity index (χ0n) is 11.3. The van der Waals surface area contributed by atoms with Crippen LogP contribution in [0.2, 0.25) is 0 Å². The normalized spacial score (nSPS) is 15.6. The Morgan fingerprint density at radius 1 is 1.11 bits per heavy atom. The van der Waals surface area contributed by atoms with Crippen LogP contribution in [0.4, 0.5) is 0 Å². The van der Waals surface area contributed by atoms with Crippen LogP contribution >= 0.6 is 0 Å². The third-order valence-corrected chi connectivity index (χ3v) is 4.66. The molecule has 0 bridgehead atoms. The molecule has 0 aromatic rings. The van der Waals surface area contributed by atoms with E-state index in [-0.39, 0.29) is 12.0 Å². The average Bonchev–Trinajstić information content (AvgIpc) is 2.08. The predicted octanol–water partition coefficient (Wildman–Crippen LogP) is -0.252. The number of hydrogen-bond acceptors (Lipinski definition) is 5. The minimum Gasteiger partial charge on any atom is -0.392 e. The molecule has 110 valence electrons. The van der Waals surface area contributed by atoms with Crippen molar-refractivity contribution in [3.63, 3.8) is 0 Å². The first-order chi connectivity index (χ1) is 7.81. The summed E-state index contributed by atoms with van der Waals surface area (Å²) in [6, 6.07) is 0. The molecule has 2 N–H and O–H groups in total. The summed E-state index contributed by atoms with van der Waals surface area (Å²) in [5.74, 6) is -0.897. The molecule has 0 saturated carbocycles. The second-order valence-electron chi connectivity index (χ2n) is 5.72. The lowest BCUT2D eigenvalue weighted by Gasteiger charge is -2.22. The maximum atomic E-state index is 11.5. The highest BCUT2D eigenvalue weighted by Gasteiger charge is 2.19. The lowest BCUT2D eigenvalue weighted by Crippen LogP contribution is -2.36. The fourth-order valence-corrected chi connectivity index (χ4v) is 4.01. The Balaban J connectivity index is 4.20. The summed E-state index contributed by atoms with van der Waals surface area (Å²) >= 11 is 0. The van der Waals surface area contributed by atoms with Crippen molar-refractivity contribution in [1.82, 2.24) is 4.72 Å². The molecule has 0 aliphatic rings. The molecule has 0 heterocycles. The molecule has 8 heteroatoms. The first-order valence-corrected chi connectivity index (χ1v) is 9.35. The van der Waals surface area contributed by atoms with Gasteiger partial charge in [-0.2, -0.15) is 0 Å². The van der Waals surface area contributed by atoms with Crippen LogP contribution in [0.5, 0.6) is 0 Å². The van der Waals surface area contributed by atoms with Crippen molar-refractivity contribution in [2.45, 2.75) is 33.3 Å². The third kappa shape index (κ3) is 10.9. The Bertz CT molecular complexity index is 447. The Morgan fingerprint density at radius 2 is 1.61 bits per heavy atom. The first-order valence-electron chi connectivity index (χ1n) is 5.64. The van der Waals surface area contributed by atoms with Gasteiger partial charge >= 0.3 is 0 Å². The smallest absolute Gasteiger partial charge is 0.212 e. The number of sulfonamides is 1. The molecule has 0 aliphatic heterocycles. The molecule has 1 atom stereocenters. The molecular formula is C10H23NO5S2. The van der Waals surface area contributed by atoms with Gasteiger partial charge in [-0.3, -0.25) is 0 Å². The van der Waals surface area contributed by atoms with Gasteiger partial charge < -0.3 is 5.11 Å². The lowest BCUT2D eigenvalue weighted by atomic mass is 9.89. The monoisotopic (exact) mass is 301 g/mol. The molecule has 0 spiro atoms. The van der Waals surface area contributed by atoms with E-state index in [2.05, 4.69) is 4.72 Å². The van der Waals surface area contributed by atoms with Gasteiger partial charge in [0.1, 0.15) is 9.84 Å². The van der Waals surface area contributed by atoms with E-state index in [1.165, 1.54) is 0 Å². The third-order valence-electron chi connectivity index (χ3n) is 2.11. The summed E-state index contributed by atoms with van der Waals surface area (Å²) < 4.78 is 46.9. The summed E-state index contributed by atoms with van der Waals surface area (Å²) in [5, 5.41) is 9.63. The molecule has 1 unspecified atom stereocenters. The predicted molar refractivity (Wildman–Crippen MR) is 71.6 cm³/mol. The van der Waals surface area contributed by atoms with Crippen LogP contribution in [-0.2, 0) is 19.9 Å². The van der Waals surface area contributed by atoms with E-state index in [1.54, 1.807) is 0 Å². The standard InChI is InChI=1S/C10H23NO5S2/c1-10(2,3)7-9(12)8-11-18(15,16)6-5-17(4,13)14/h9,11-12H,5-8H2,1-4H3. The molecule has 0 radical (unpaired) electrons.